The Kier molecular flexibility index (Phi) is 7.54. The van der Waals surface area contributed by atoms with Crippen LogP contribution in [0.25, 0.3) is 0 Å². The van der Waals surface area contributed by atoms with Crippen LogP contribution in [-0.4, -0.2) is 36.8 Å². The molecular formula is C22H17Cl2F6NO3. The highest BCUT2D eigenvalue weighted by molar-refractivity contribution is 6.42. The van der Waals surface area contributed by atoms with Crippen molar-refractivity contribution < 1.29 is 40.7 Å². The first-order chi connectivity index (χ1) is 15.7. The summed E-state index contributed by atoms with van der Waals surface area (Å²) in [6.07, 6.45) is -10.3. The summed E-state index contributed by atoms with van der Waals surface area (Å²) < 4.78 is 84.6. The summed E-state index contributed by atoms with van der Waals surface area (Å²) in [6, 6.07) is 5.56. The molecule has 1 aliphatic heterocycles. The second-order valence-corrected chi connectivity index (χ2v) is 8.56. The van der Waals surface area contributed by atoms with Gasteiger partial charge in [0.2, 0.25) is 5.91 Å². The molecule has 34 heavy (non-hydrogen) atoms. The van der Waals surface area contributed by atoms with E-state index < -0.39 is 47.0 Å². The van der Waals surface area contributed by atoms with E-state index in [0.717, 1.165) is 0 Å². The van der Waals surface area contributed by atoms with Crippen molar-refractivity contribution >= 4 is 35.4 Å². The molecule has 12 heteroatoms. The number of alkyl halides is 6. The van der Waals surface area contributed by atoms with Crippen molar-refractivity contribution in [1.29, 1.82) is 0 Å². The van der Waals surface area contributed by atoms with E-state index in [4.69, 9.17) is 27.9 Å². The maximum absolute atomic E-state index is 13.1. The van der Waals surface area contributed by atoms with Gasteiger partial charge in [-0.15, -0.1) is 0 Å². The van der Waals surface area contributed by atoms with E-state index in [9.17, 15) is 35.9 Å². The average molecular weight is 528 g/mol. The molecule has 0 saturated carbocycles. The molecular weight excluding hydrogens is 511 g/mol. The molecule has 3 rings (SSSR count). The molecule has 0 aliphatic carbocycles. The van der Waals surface area contributed by atoms with E-state index in [2.05, 4.69) is 0 Å². The Morgan fingerprint density at radius 1 is 1.00 bits per heavy atom. The highest BCUT2D eigenvalue weighted by Gasteiger charge is 2.41. The lowest BCUT2D eigenvalue weighted by Crippen LogP contribution is -2.52. The SMILES string of the molecule is O=CCC1(c2ccc(Cl)c(Cl)c2)CN(C(=O)Cc2cc(C(F)(F)F)cc(C(F)(F)F)c2)CCO1. The van der Waals surface area contributed by atoms with Gasteiger partial charge in [-0.1, -0.05) is 29.3 Å². The minimum atomic E-state index is -5.02. The van der Waals surface area contributed by atoms with E-state index in [1.54, 1.807) is 6.07 Å². The van der Waals surface area contributed by atoms with E-state index in [0.29, 0.717) is 24.0 Å². The van der Waals surface area contributed by atoms with Crippen LogP contribution >= 0.6 is 23.2 Å². The number of ether oxygens (including phenoxy) is 1. The topological polar surface area (TPSA) is 46.6 Å². The molecule has 1 atom stereocenters. The number of rotatable bonds is 5. The minimum absolute atomic E-state index is 0.00208. The second-order valence-electron chi connectivity index (χ2n) is 7.75. The van der Waals surface area contributed by atoms with Crippen LogP contribution in [0.1, 0.15) is 28.7 Å². The summed E-state index contributed by atoms with van der Waals surface area (Å²) in [7, 11) is 0. The Hall–Kier alpha value is -2.30. The first kappa shape index (κ1) is 26.3. The highest BCUT2D eigenvalue weighted by Crippen LogP contribution is 2.38. The monoisotopic (exact) mass is 527 g/mol. The average Bonchev–Trinajstić information content (AvgIpc) is 2.74. The predicted molar refractivity (Wildman–Crippen MR) is 112 cm³/mol. The van der Waals surface area contributed by atoms with E-state index in [1.165, 1.54) is 17.0 Å². The van der Waals surface area contributed by atoms with Crippen LogP contribution in [0.5, 0.6) is 0 Å². The maximum Gasteiger partial charge on any atom is 0.416 e. The second kappa shape index (κ2) is 9.75. The lowest BCUT2D eigenvalue weighted by atomic mass is 9.88. The number of aldehydes is 1. The van der Waals surface area contributed by atoms with Crippen LogP contribution in [0.4, 0.5) is 26.3 Å². The van der Waals surface area contributed by atoms with Gasteiger partial charge < -0.3 is 14.4 Å². The Labute approximate surface area is 200 Å². The maximum atomic E-state index is 13.1. The summed E-state index contributed by atoms with van der Waals surface area (Å²) >= 11 is 12.0. The number of carbonyl (C=O) groups is 2. The van der Waals surface area contributed by atoms with Gasteiger partial charge in [0.05, 0.1) is 40.7 Å². The third kappa shape index (κ3) is 5.84. The predicted octanol–water partition coefficient (Wildman–Crippen LogP) is 5.92. The van der Waals surface area contributed by atoms with E-state index in [1.807, 2.05) is 0 Å². The summed E-state index contributed by atoms with van der Waals surface area (Å²) in [5, 5.41) is 0.431. The summed E-state index contributed by atoms with van der Waals surface area (Å²) in [6.45, 7) is -0.143. The van der Waals surface area contributed by atoms with Crippen LogP contribution in [0, 0.1) is 0 Å². The van der Waals surface area contributed by atoms with Crippen LogP contribution in [0.2, 0.25) is 10.0 Å². The fourth-order valence-electron chi connectivity index (χ4n) is 3.73. The molecule has 0 aromatic heterocycles. The van der Waals surface area contributed by atoms with Gasteiger partial charge in [0, 0.05) is 13.0 Å². The molecule has 1 aliphatic rings. The molecule has 0 radical (unpaired) electrons. The van der Waals surface area contributed by atoms with E-state index >= 15 is 0 Å². The fourth-order valence-corrected chi connectivity index (χ4v) is 4.03. The number of amides is 1. The summed E-state index contributed by atoms with van der Waals surface area (Å²) in [5.41, 5.74) is -4.29. The Bertz CT molecular complexity index is 1060. The van der Waals surface area contributed by atoms with Crippen molar-refractivity contribution in [2.24, 2.45) is 0 Å². The Morgan fingerprint density at radius 2 is 1.62 bits per heavy atom. The third-order valence-electron chi connectivity index (χ3n) is 5.40. The molecule has 0 N–H and O–H groups in total. The minimum Gasteiger partial charge on any atom is -0.366 e. The van der Waals surface area contributed by atoms with Crippen LogP contribution in [0.3, 0.4) is 0 Å². The smallest absolute Gasteiger partial charge is 0.366 e. The molecule has 2 aromatic rings. The van der Waals surface area contributed by atoms with Gasteiger partial charge in [0.15, 0.2) is 0 Å². The standard InChI is InChI=1S/C22H17Cl2F6NO3/c23-17-2-1-14(11-18(17)24)20(3-5-32)12-31(4-6-34-20)19(33)9-13-7-15(21(25,26)27)10-16(8-13)22(28,29)30/h1-2,5,7-8,10-11H,3-4,6,9,12H2. The molecule has 4 nitrogen and oxygen atoms in total. The first-order valence-corrected chi connectivity index (χ1v) is 10.6. The number of carbonyl (C=O) groups excluding carboxylic acids is 2. The fraction of sp³-hybridized carbons (Fsp3) is 0.364. The summed E-state index contributed by atoms with van der Waals surface area (Å²) in [5.74, 6) is -0.717. The Balaban J connectivity index is 1.90. The zero-order valence-electron chi connectivity index (χ0n) is 17.3. The van der Waals surface area contributed by atoms with Crippen molar-refractivity contribution in [3.63, 3.8) is 0 Å². The number of halogens is 8. The zero-order valence-corrected chi connectivity index (χ0v) is 18.8. The van der Waals surface area contributed by atoms with Crippen molar-refractivity contribution in [3.05, 3.63) is 68.7 Å². The molecule has 1 unspecified atom stereocenters. The molecule has 0 spiro atoms. The zero-order chi connectivity index (χ0) is 25.3. The number of hydrogen-bond acceptors (Lipinski definition) is 3. The quantitative estimate of drug-likeness (QED) is 0.358. The number of nitrogens with zero attached hydrogens (tertiary/aromatic N) is 1. The van der Waals surface area contributed by atoms with Gasteiger partial charge >= 0.3 is 12.4 Å². The van der Waals surface area contributed by atoms with E-state index in [-0.39, 0.29) is 42.2 Å². The van der Waals surface area contributed by atoms with Crippen LogP contribution in [0.15, 0.2) is 36.4 Å². The van der Waals surface area contributed by atoms with Crippen LogP contribution < -0.4 is 0 Å². The van der Waals surface area contributed by atoms with Gasteiger partial charge in [-0.3, -0.25) is 4.79 Å². The van der Waals surface area contributed by atoms with Gasteiger partial charge in [-0.05, 0) is 41.5 Å². The molecule has 0 bridgehead atoms. The van der Waals surface area contributed by atoms with Crippen molar-refractivity contribution in [2.45, 2.75) is 30.8 Å². The molecule has 2 aromatic carbocycles. The molecule has 1 fully saturated rings. The third-order valence-corrected chi connectivity index (χ3v) is 6.14. The number of morpholine rings is 1. The normalized spacial score (nSPS) is 19.2. The van der Waals surface area contributed by atoms with Gasteiger partial charge in [0.25, 0.3) is 0 Å². The lowest BCUT2D eigenvalue weighted by molar-refractivity contribution is -0.155. The van der Waals surface area contributed by atoms with Crippen molar-refractivity contribution in [1.82, 2.24) is 4.90 Å². The highest BCUT2D eigenvalue weighted by atomic mass is 35.5. The van der Waals surface area contributed by atoms with Gasteiger partial charge in [-0.2, -0.15) is 26.3 Å². The summed E-state index contributed by atoms with van der Waals surface area (Å²) in [4.78, 5) is 25.5. The van der Waals surface area contributed by atoms with Crippen molar-refractivity contribution in [3.8, 4) is 0 Å². The largest absolute Gasteiger partial charge is 0.416 e. The van der Waals surface area contributed by atoms with Crippen LogP contribution in [-0.2, 0) is 38.7 Å². The number of hydrogen-bond donors (Lipinski definition) is 0. The number of benzene rings is 2. The van der Waals surface area contributed by atoms with Gasteiger partial charge in [-0.25, -0.2) is 0 Å². The molecule has 1 saturated heterocycles. The Morgan fingerprint density at radius 3 is 2.15 bits per heavy atom. The first-order valence-electron chi connectivity index (χ1n) is 9.84. The molecule has 1 amide bonds. The molecule has 1 heterocycles. The van der Waals surface area contributed by atoms with Gasteiger partial charge in [0.1, 0.15) is 11.9 Å². The van der Waals surface area contributed by atoms with Crippen molar-refractivity contribution in [2.75, 3.05) is 19.7 Å². The molecule has 184 valence electrons. The lowest BCUT2D eigenvalue weighted by Gasteiger charge is -2.42.